The lowest BCUT2D eigenvalue weighted by Gasteiger charge is -2.02. The van der Waals surface area contributed by atoms with Gasteiger partial charge in [-0.2, -0.15) is 0 Å². The Kier molecular flexibility index (Phi) is 1.85. The summed E-state index contributed by atoms with van der Waals surface area (Å²) in [6, 6.07) is 4.60. The molecule has 0 radical (unpaired) electrons. The molecule has 2 heterocycles. The zero-order valence-electron chi connectivity index (χ0n) is 7.48. The number of fused-ring (bicyclic) bond motifs is 1. The van der Waals surface area contributed by atoms with Crippen LogP contribution in [0, 0.1) is 0 Å². The van der Waals surface area contributed by atoms with Crippen LogP contribution in [-0.2, 0) is 0 Å². The molecule has 0 fully saturated rings. The minimum atomic E-state index is -0.449. The van der Waals surface area contributed by atoms with E-state index >= 15 is 0 Å². The zero-order valence-corrected chi connectivity index (χ0v) is 7.48. The Morgan fingerprint density at radius 3 is 2.86 bits per heavy atom. The normalized spacial score (nSPS) is 10.4. The summed E-state index contributed by atoms with van der Waals surface area (Å²) >= 11 is 0. The maximum Gasteiger partial charge on any atom is 0.332 e. The SMILES string of the molecule is COc1ccn2c(=O)[nH]c(=O)cc2c1. The molecule has 0 bridgehead atoms. The van der Waals surface area contributed by atoms with Gasteiger partial charge < -0.3 is 4.74 Å². The molecule has 2 aromatic heterocycles. The third kappa shape index (κ3) is 1.28. The molecule has 14 heavy (non-hydrogen) atoms. The molecule has 0 aliphatic rings. The minimum absolute atomic E-state index is 0.414. The average Bonchev–Trinajstić information content (AvgIpc) is 2.16. The lowest BCUT2D eigenvalue weighted by molar-refractivity contribution is 0.414. The lowest BCUT2D eigenvalue weighted by atomic mass is 10.3. The van der Waals surface area contributed by atoms with Gasteiger partial charge in [-0.25, -0.2) is 4.79 Å². The summed E-state index contributed by atoms with van der Waals surface area (Å²) in [5.41, 5.74) is -0.350. The van der Waals surface area contributed by atoms with Crippen molar-refractivity contribution in [2.75, 3.05) is 7.11 Å². The highest BCUT2D eigenvalue weighted by atomic mass is 16.5. The second-order valence-corrected chi connectivity index (χ2v) is 2.80. The highest BCUT2D eigenvalue weighted by Gasteiger charge is 1.98. The smallest absolute Gasteiger partial charge is 0.332 e. The van der Waals surface area contributed by atoms with Crippen molar-refractivity contribution in [1.82, 2.24) is 9.38 Å². The zero-order chi connectivity index (χ0) is 10.1. The van der Waals surface area contributed by atoms with E-state index in [4.69, 9.17) is 4.74 Å². The molecule has 0 spiro atoms. The predicted octanol–water partition coefficient (Wildman–Crippen LogP) is -0.00360. The van der Waals surface area contributed by atoms with Gasteiger partial charge in [0.25, 0.3) is 5.56 Å². The molecule has 1 N–H and O–H groups in total. The molecule has 0 aromatic carbocycles. The van der Waals surface area contributed by atoms with Gasteiger partial charge in [-0.15, -0.1) is 0 Å². The van der Waals surface area contributed by atoms with E-state index in [1.54, 1.807) is 18.3 Å². The van der Waals surface area contributed by atoms with Crippen LogP contribution in [0.4, 0.5) is 0 Å². The molecule has 5 heteroatoms. The summed E-state index contributed by atoms with van der Waals surface area (Å²) in [7, 11) is 1.52. The first-order chi connectivity index (χ1) is 6.70. The van der Waals surface area contributed by atoms with Gasteiger partial charge in [-0.3, -0.25) is 14.2 Å². The van der Waals surface area contributed by atoms with Crippen LogP contribution in [0.3, 0.4) is 0 Å². The molecule has 0 aliphatic carbocycles. The molecule has 2 rings (SSSR count). The fourth-order valence-electron chi connectivity index (χ4n) is 1.26. The Bertz CT molecular complexity index is 582. The number of hydrogen-bond acceptors (Lipinski definition) is 3. The number of H-pyrrole nitrogens is 1. The average molecular weight is 192 g/mol. The van der Waals surface area contributed by atoms with Crippen molar-refractivity contribution in [2.45, 2.75) is 0 Å². The maximum absolute atomic E-state index is 11.3. The van der Waals surface area contributed by atoms with E-state index in [9.17, 15) is 9.59 Å². The number of aromatic nitrogens is 2. The van der Waals surface area contributed by atoms with Gasteiger partial charge in [0.05, 0.1) is 12.6 Å². The van der Waals surface area contributed by atoms with Crippen molar-refractivity contribution >= 4 is 5.52 Å². The molecule has 72 valence electrons. The fourth-order valence-corrected chi connectivity index (χ4v) is 1.26. The van der Waals surface area contributed by atoms with Crippen LogP contribution in [0.1, 0.15) is 0 Å². The molecule has 5 nitrogen and oxygen atoms in total. The van der Waals surface area contributed by atoms with Crippen LogP contribution in [0.25, 0.3) is 5.52 Å². The summed E-state index contributed by atoms with van der Waals surface area (Å²) in [4.78, 5) is 24.4. The first kappa shape index (κ1) is 8.55. The first-order valence-electron chi connectivity index (χ1n) is 4.00. The minimum Gasteiger partial charge on any atom is -0.497 e. The van der Waals surface area contributed by atoms with Gasteiger partial charge in [0.15, 0.2) is 0 Å². The highest BCUT2D eigenvalue weighted by Crippen LogP contribution is 2.10. The van der Waals surface area contributed by atoms with E-state index in [1.165, 1.54) is 17.6 Å². The van der Waals surface area contributed by atoms with Crippen molar-refractivity contribution in [3.63, 3.8) is 0 Å². The van der Waals surface area contributed by atoms with E-state index in [2.05, 4.69) is 4.98 Å². The largest absolute Gasteiger partial charge is 0.497 e. The molecule has 0 amide bonds. The highest BCUT2D eigenvalue weighted by molar-refractivity contribution is 5.49. The number of ether oxygens (including phenoxy) is 1. The van der Waals surface area contributed by atoms with Crippen LogP contribution in [0.15, 0.2) is 34.0 Å². The van der Waals surface area contributed by atoms with E-state index in [1.807, 2.05) is 0 Å². The number of rotatable bonds is 1. The molecular weight excluding hydrogens is 184 g/mol. The molecule has 2 aromatic rings. The Labute approximate surface area is 78.6 Å². The molecular formula is C9H8N2O3. The van der Waals surface area contributed by atoms with E-state index in [0.717, 1.165) is 0 Å². The monoisotopic (exact) mass is 192 g/mol. The summed E-state index contributed by atoms with van der Waals surface area (Å²) in [5, 5.41) is 0. The summed E-state index contributed by atoms with van der Waals surface area (Å²) < 4.78 is 6.31. The molecule has 0 aliphatic heterocycles. The van der Waals surface area contributed by atoms with Crippen LogP contribution in [-0.4, -0.2) is 16.5 Å². The van der Waals surface area contributed by atoms with E-state index in [-0.39, 0.29) is 0 Å². The fraction of sp³-hybridized carbons (Fsp3) is 0.111. The Hall–Kier alpha value is -2.04. The van der Waals surface area contributed by atoms with Gasteiger partial charge in [0, 0.05) is 18.3 Å². The Balaban J connectivity index is 2.89. The lowest BCUT2D eigenvalue weighted by Crippen LogP contribution is -2.24. The first-order valence-corrected chi connectivity index (χ1v) is 4.00. The van der Waals surface area contributed by atoms with Crippen molar-refractivity contribution in [3.8, 4) is 5.75 Å². The molecule has 0 saturated carbocycles. The number of hydrogen-bond donors (Lipinski definition) is 1. The Morgan fingerprint density at radius 1 is 1.36 bits per heavy atom. The number of pyridine rings is 1. The van der Waals surface area contributed by atoms with Crippen LogP contribution < -0.4 is 16.0 Å². The number of methoxy groups -OCH3 is 1. The topological polar surface area (TPSA) is 63.6 Å². The van der Waals surface area contributed by atoms with Crippen LogP contribution in [0.2, 0.25) is 0 Å². The second kappa shape index (κ2) is 3.02. The van der Waals surface area contributed by atoms with Crippen molar-refractivity contribution < 1.29 is 4.74 Å². The van der Waals surface area contributed by atoms with Crippen molar-refractivity contribution in [3.05, 3.63) is 45.2 Å². The number of aromatic amines is 1. The summed E-state index contributed by atoms with van der Waals surface area (Å²) in [6.45, 7) is 0. The molecule has 0 saturated heterocycles. The van der Waals surface area contributed by atoms with Gasteiger partial charge in [-0.1, -0.05) is 0 Å². The van der Waals surface area contributed by atoms with Crippen LogP contribution >= 0.6 is 0 Å². The standard InChI is InChI=1S/C9H8N2O3/c1-14-7-2-3-11-6(4-7)5-8(12)10-9(11)13/h2-5H,1H3,(H,10,12,13). The summed E-state index contributed by atoms with van der Waals surface area (Å²) in [5.74, 6) is 0.606. The third-order valence-electron chi connectivity index (χ3n) is 1.92. The van der Waals surface area contributed by atoms with E-state index < -0.39 is 11.2 Å². The molecule has 0 atom stereocenters. The number of nitrogens with zero attached hydrogens (tertiary/aromatic N) is 1. The second-order valence-electron chi connectivity index (χ2n) is 2.80. The Morgan fingerprint density at radius 2 is 2.14 bits per heavy atom. The van der Waals surface area contributed by atoms with Crippen LogP contribution in [0.5, 0.6) is 5.75 Å². The molecule has 0 unspecified atom stereocenters. The summed E-state index contributed by atoms with van der Waals surface area (Å²) in [6.07, 6.45) is 1.55. The van der Waals surface area contributed by atoms with Crippen molar-refractivity contribution in [2.24, 2.45) is 0 Å². The quantitative estimate of drug-likeness (QED) is 0.691. The van der Waals surface area contributed by atoms with Crippen molar-refractivity contribution in [1.29, 1.82) is 0 Å². The number of nitrogens with one attached hydrogen (secondary N) is 1. The maximum atomic E-state index is 11.3. The van der Waals surface area contributed by atoms with Gasteiger partial charge in [0.1, 0.15) is 5.75 Å². The van der Waals surface area contributed by atoms with E-state index in [0.29, 0.717) is 11.3 Å². The third-order valence-corrected chi connectivity index (χ3v) is 1.92. The predicted molar refractivity (Wildman–Crippen MR) is 50.8 cm³/mol. The van der Waals surface area contributed by atoms with Gasteiger partial charge >= 0.3 is 5.69 Å². The van der Waals surface area contributed by atoms with Gasteiger partial charge in [0.2, 0.25) is 0 Å². The van der Waals surface area contributed by atoms with Gasteiger partial charge in [-0.05, 0) is 6.07 Å².